The summed E-state index contributed by atoms with van der Waals surface area (Å²) < 4.78 is 6.54. The van der Waals surface area contributed by atoms with E-state index in [1.807, 2.05) is 36.1 Å². The van der Waals surface area contributed by atoms with Crippen molar-refractivity contribution in [1.29, 1.82) is 0 Å². The highest BCUT2D eigenvalue weighted by Gasteiger charge is 2.26. The molecular formula is C14H19IN2O3. The molecule has 1 aromatic carbocycles. The molecule has 20 heavy (non-hydrogen) atoms. The van der Waals surface area contributed by atoms with Gasteiger partial charge in [-0.1, -0.05) is 6.07 Å². The van der Waals surface area contributed by atoms with E-state index in [2.05, 4.69) is 27.9 Å². The van der Waals surface area contributed by atoms with Crippen molar-refractivity contribution in [2.45, 2.75) is 19.1 Å². The minimum Gasteiger partial charge on any atom is -0.394 e. The number of rotatable bonds is 4. The molecule has 1 aliphatic heterocycles. The Kier molecular flexibility index (Phi) is 5.76. The third kappa shape index (κ3) is 4.41. The molecule has 0 aliphatic carbocycles. The lowest BCUT2D eigenvalue weighted by Crippen LogP contribution is -2.51. The van der Waals surface area contributed by atoms with Gasteiger partial charge in [-0.05, 0) is 47.7 Å². The van der Waals surface area contributed by atoms with Gasteiger partial charge in [0.1, 0.15) is 0 Å². The van der Waals surface area contributed by atoms with Gasteiger partial charge in [-0.25, -0.2) is 0 Å². The predicted molar refractivity (Wildman–Crippen MR) is 85.6 cm³/mol. The molecule has 110 valence electrons. The van der Waals surface area contributed by atoms with E-state index in [4.69, 9.17) is 9.84 Å². The second-order valence-corrected chi connectivity index (χ2v) is 6.22. The number of hydrogen-bond donors (Lipinski definition) is 2. The highest BCUT2D eigenvalue weighted by atomic mass is 127. The number of aliphatic hydroxyl groups excluding tert-OH is 1. The molecule has 1 heterocycles. The van der Waals surface area contributed by atoms with Gasteiger partial charge in [-0.15, -0.1) is 0 Å². The third-order valence-electron chi connectivity index (χ3n) is 3.29. The summed E-state index contributed by atoms with van der Waals surface area (Å²) in [6.07, 6.45) is -0.198. The largest absolute Gasteiger partial charge is 0.394 e. The van der Waals surface area contributed by atoms with Gasteiger partial charge in [0.15, 0.2) is 0 Å². The number of aliphatic hydroxyl groups is 1. The molecule has 1 aromatic rings. The maximum atomic E-state index is 12.1. The minimum absolute atomic E-state index is 0.0122. The number of anilines is 1. The van der Waals surface area contributed by atoms with Crippen LogP contribution in [-0.4, -0.2) is 54.4 Å². The summed E-state index contributed by atoms with van der Waals surface area (Å²) in [4.78, 5) is 14.1. The fourth-order valence-electron chi connectivity index (χ4n) is 2.16. The van der Waals surface area contributed by atoms with Gasteiger partial charge in [-0.3, -0.25) is 9.69 Å². The van der Waals surface area contributed by atoms with Crippen LogP contribution < -0.4 is 5.32 Å². The number of morpholine rings is 1. The summed E-state index contributed by atoms with van der Waals surface area (Å²) >= 11 is 2.21. The van der Waals surface area contributed by atoms with E-state index in [0.717, 1.165) is 9.26 Å². The van der Waals surface area contributed by atoms with Crippen LogP contribution in [0, 0.1) is 3.57 Å². The van der Waals surface area contributed by atoms with Crippen molar-refractivity contribution in [2.24, 2.45) is 0 Å². The van der Waals surface area contributed by atoms with Gasteiger partial charge in [-0.2, -0.15) is 0 Å². The number of nitrogens with zero attached hydrogens (tertiary/aromatic N) is 1. The van der Waals surface area contributed by atoms with Crippen LogP contribution in [0.1, 0.15) is 6.92 Å². The number of nitrogens with one attached hydrogen (secondary N) is 1. The average molecular weight is 390 g/mol. The fraction of sp³-hybridized carbons (Fsp3) is 0.500. The molecule has 2 N–H and O–H groups in total. The lowest BCUT2D eigenvalue weighted by atomic mass is 10.2. The molecule has 0 spiro atoms. The summed E-state index contributed by atoms with van der Waals surface area (Å²) in [5.74, 6) is -0.0440. The molecule has 0 aromatic heterocycles. The molecule has 1 fully saturated rings. The van der Waals surface area contributed by atoms with Crippen molar-refractivity contribution in [3.63, 3.8) is 0 Å². The van der Waals surface area contributed by atoms with Crippen molar-refractivity contribution in [1.82, 2.24) is 4.90 Å². The summed E-state index contributed by atoms with van der Waals surface area (Å²) in [5, 5.41) is 12.0. The summed E-state index contributed by atoms with van der Waals surface area (Å²) in [5.41, 5.74) is 0.807. The van der Waals surface area contributed by atoms with E-state index < -0.39 is 0 Å². The molecule has 1 aliphatic rings. The van der Waals surface area contributed by atoms with Gasteiger partial charge in [0.25, 0.3) is 0 Å². The van der Waals surface area contributed by atoms with Gasteiger partial charge in [0.05, 0.1) is 25.9 Å². The highest BCUT2D eigenvalue weighted by molar-refractivity contribution is 14.1. The maximum absolute atomic E-state index is 12.1. The number of benzene rings is 1. The van der Waals surface area contributed by atoms with Crippen LogP contribution in [0.2, 0.25) is 0 Å². The zero-order chi connectivity index (χ0) is 14.5. The zero-order valence-corrected chi connectivity index (χ0v) is 13.5. The lowest BCUT2D eigenvalue weighted by Gasteiger charge is -2.36. The third-order valence-corrected chi connectivity index (χ3v) is 3.96. The van der Waals surface area contributed by atoms with Crippen LogP contribution in [0.4, 0.5) is 5.69 Å². The Morgan fingerprint density at radius 1 is 1.60 bits per heavy atom. The van der Waals surface area contributed by atoms with E-state index in [1.54, 1.807) is 0 Å². The van der Waals surface area contributed by atoms with Crippen LogP contribution in [0.15, 0.2) is 24.3 Å². The number of ether oxygens (including phenoxy) is 1. The minimum atomic E-state index is -0.198. The standard InChI is InChI=1S/C14H19IN2O3/c1-10-9-20-13(8-18)6-17(10)7-14(19)16-12-4-2-3-11(15)5-12/h2-5,10,13,18H,6-9H2,1H3,(H,16,19). The normalized spacial score (nSPS) is 23.6. The Labute approximate surface area is 132 Å². The molecule has 1 saturated heterocycles. The SMILES string of the molecule is CC1COC(CO)CN1CC(=O)Nc1cccc(I)c1. The van der Waals surface area contributed by atoms with E-state index in [1.165, 1.54) is 0 Å². The maximum Gasteiger partial charge on any atom is 0.238 e. The molecular weight excluding hydrogens is 371 g/mol. The highest BCUT2D eigenvalue weighted by Crippen LogP contribution is 2.14. The van der Waals surface area contributed by atoms with Gasteiger partial charge < -0.3 is 15.2 Å². The monoisotopic (exact) mass is 390 g/mol. The second-order valence-electron chi connectivity index (χ2n) is 4.97. The first-order valence-electron chi connectivity index (χ1n) is 6.60. The smallest absolute Gasteiger partial charge is 0.238 e. The Bertz CT molecular complexity index is 469. The first kappa shape index (κ1) is 15.7. The molecule has 1 amide bonds. The van der Waals surface area contributed by atoms with E-state index in [9.17, 15) is 4.79 Å². The van der Waals surface area contributed by atoms with Crippen molar-refractivity contribution in [3.8, 4) is 0 Å². The molecule has 2 unspecified atom stereocenters. The first-order chi connectivity index (χ1) is 9.58. The van der Waals surface area contributed by atoms with Crippen LogP contribution >= 0.6 is 22.6 Å². The Hall–Kier alpha value is -0.700. The summed E-state index contributed by atoms with van der Waals surface area (Å²) in [6.45, 7) is 3.44. The molecule has 0 radical (unpaired) electrons. The molecule has 0 bridgehead atoms. The van der Waals surface area contributed by atoms with Crippen molar-refractivity contribution in [3.05, 3.63) is 27.8 Å². The quantitative estimate of drug-likeness (QED) is 0.762. The van der Waals surface area contributed by atoms with E-state index in [0.29, 0.717) is 19.7 Å². The number of carbonyl (C=O) groups excluding carboxylic acids is 1. The Morgan fingerprint density at radius 3 is 3.10 bits per heavy atom. The van der Waals surface area contributed by atoms with E-state index in [-0.39, 0.29) is 24.7 Å². The number of halogens is 1. The summed E-state index contributed by atoms with van der Waals surface area (Å²) in [6, 6.07) is 7.87. The second kappa shape index (κ2) is 7.35. The number of amides is 1. The molecule has 0 saturated carbocycles. The predicted octanol–water partition coefficient (Wildman–Crippen LogP) is 1.31. The van der Waals surface area contributed by atoms with Crippen molar-refractivity contribution in [2.75, 3.05) is 31.6 Å². The summed E-state index contributed by atoms with van der Waals surface area (Å²) in [7, 11) is 0. The topological polar surface area (TPSA) is 61.8 Å². The van der Waals surface area contributed by atoms with Crippen LogP contribution in [0.3, 0.4) is 0 Å². The van der Waals surface area contributed by atoms with Gasteiger partial charge in [0.2, 0.25) is 5.91 Å². The van der Waals surface area contributed by atoms with E-state index >= 15 is 0 Å². The lowest BCUT2D eigenvalue weighted by molar-refractivity contribution is -0.122. The Morgan fingerprint density at radius 2 is 2.40 bits per heavy atom. The van der Waals surface area contributed by atoms with Crippen molar-refractivity contribution >= 4 is 34.2 Å². The number of hydrogen-bond acceptors (Lipinski definition) is 4. The van der Waals surface area contributed by atoms with Crippen LogP contribution in [0.5, 0.6) is 0 Å². The molecule has 5 nitrogen and oxygen atoms in total. The average Bonchev–Trinajstić information content (AvgIpc) is 2.41. The van der Waals surface area contributed by atoms with Gasteiger partial charge in [0, 0.05) is 21.8 Å². The molecule has 2 atom stereocenters. The Balaban J connectivity index is 1.90. The van der Waals surface area contributed by atoms with Gasteiger partial charge >= 0.3 is 0 Å². The first-order valence-corrected chi connectivity index (χ1v) is 7.68. The van der Waals surface area contributed by atoms with Crippen molar-refractivity contribution < 1.29 is 14.6 Å². The zero-order valence-electron chi connectivity index (χ0n) is 11.4. The molecule has 2 rings (SSSR count). The van der Waals surface area contributed by atoms with Crippen LogP contribution in [-0.2, 0) is 9.53 Å². The van der Waals surface area contributed by atoms with Crippen LogP contribution in [0.25, 0.3) is 0 Å². The molecule has 6 heteroatoms. The number of carbonyl (C=O) groups is 1. The fourth-order valence-corrected chi connectivity index (χ4v) is 2.70.